The van der Waals surface area contributed by atoms with Gasteiger partial charge in [0.1, 0.15) is 0 Å². The number of pyridine rings is 1. The fraction of sp³-hybridized carbons (Fsp3) is 0.364. The van der Waals surface area contributed by atoms with E-state index in [1.165, 1.54) is 6.20 Å². The molecule has 1 unspecified atom stereocenters. The molecule has 8 heteroatoms. The van der Waals surface area contributed by atoms with Crippen molar-refractivity contribution >= 4 is 28.6 Å². The van der Waals surface area contributed by atoms with E-state index in [9.17, 15) is 9.59 Å². The molecule has 0 bridgehead atoms. The van der Waals surface area contributed by atoms with Crippen molar-refractivity contribution in [3.8, 4) is 0 Å². The molecule has 1 atom stereocenters. The lowest BCUT2D eigenvalue weighted by molar-refractivity contribution is -0.140. The SMILES string of the molecule is Cc1nn(C)c2ncc(C(=O)OC(C)C(=O)N3CCN(c4ccccc4)CC3)cc12. The summed E-state index contributed by atoms with van der Waals surface area (Å²) in [5.74, 6) is -0.737. The highest BCUT2D eigenvalue weighted by molar-refractivity contribution is 5.95. The van der Waals surface area contributed by atoms with Crippen LogP contribution in [0.25, 0.3) is 11.0 Å². The monoisotopic (exact) mass is 407 g/mol. The molecule has 3 aromatic rings. The number of benzene rings is 1. The Hall–Kier alpha value is -3.42. The summed E-state index contributed by atoms with van der Waals surface area (Å²) in [5, 5.41) is 5.10. The van der Waals surface area contributed by atoms with Crippen LogP contribution >= 0.6 is 0 Å². The number of amides is 1. The van der Waals surface area contributed by atoms with Gasteiger partial charge in [0, 0.05) is 50.5 Å². The summed E-state index contributed by atoms with van der Waals surface area (Å²) in [4.78, 5) is 33.7. The van der Waals surface area contributed by atoms with E-state index in [4.69, 9.17) is 4.74 Å². The molecule has 1 saturated heterocycles. The second-order valence-electron chi connectivity index (χ2n) is 7.50. The van der Waals surface area contributed by atoms with Crippen LogP contribution < -0.4 is 4.90 Å². The maximum absolute atomic E-state index is 12.8. The Morgan fingerprint density at radius 2 is 1.80 bits per heavy atom. The van der Waals surface area contributed by atoms with Crippen molar-refractivity contribution < 1.29 is 14.3 Å². The van der Waals surface area contributed by atoms with Crippen LogP contribution in [0.15, 0.2) is 42.6 Å². The predicted octanol–water partition coefficient (Wildman–Crippen LogP) is 2.17. The molecule has 8 nitrogen and oxygen atoms in total. The zero-order valence-corrected chi connectivity index (χ0v) is 17.4. The Labute approximate surface area is 175 Å². The molecule has 30 heavy (non-hydrogen) atoms. The minimum Gasteiger partial charge on any atom is -0.449 e. The largest absolute Gasteiger partial charge is 0.449 e. The van der Waals surface area contributed by atoms with Gasteiger partial charge in [0.25, 0.3) is 5.91 Å². The molecule has 0 N–H and O–H groups in total. The second kappa shape index (κ2) is 8.14. The predicted molar refractivity (Wildman–Crippen MR) is 113 cm³/mol. The van der Waals surface area contributed by atoms with Gasteiger partial charge in [-0.15, -0.1) is 0 Å². The highest BCUT2D eigenvalue weighted by Gasteiger charge is 2.28. The minimum absolute atomic E-state index is 0.178. The number of rotatable bonds is 4. The number of aromatic nitrogens is 3. The lowest BCUT2D eigenvalue weighted by Gasteiger charge is -2.37. The summed E-state index contributed by atoms with van der Waals surface area (Å²) in [6, 6.07) is 11.8. The third kappa shape index (κ3) is 3.85. The quantitative estimate of drug-likeness (QED) is 0.617. The van der Waals surface area contributed by atoms with Crippen LogP contribution in [0.3, 0.4) is 0 Å². The van der Waals surface area contributed by atoms with E-state index in [2.05, 4.69) is 27.1 Å². The Balaban J connectivity index is 1.37. The van der Waals surface area contributed by atoms with Crippen LogP contribution in [0, 0.1) is 6.92 Å². The number of esters is 1. The van der Waals surface area contributed by atoms with Crippen molar-refractivity contribution in [2.24, 2.45) is 7.05 Å². The number of fused-ring (bicyclic) bond motifs is 1. The summed E-state index contributed by atoms with van der Waals surface area (Å²) >= 11 is 0. The molecule has 1 aromatic carbocycles. The zero-order valence-electron chi connectivity index (χ0n) is 17.4. The standard InChI is InChI=1S/C22H25N5O3/c1-15-19-13-17(14-23-20(19)25(3)24-15)22(29)30-16(2)21(28)27-11-9-26(10-12-27)18-7-5-4-6-8-18/h4-8,13-14,16H,9-12H2,1-3H3. The Kier molecular flexibility index (Phi) is 5.39. The first-order valence-electron chi connectivity index (χ1n) is 10.0. The fourth-order valence-corrected chi connectivity index (χ4v) is 3.78. The molecule has 1 amide bonds. The summed E-state index contributed by atoms with van der Waals surface area (Å²) in [5.41, 5.74) is 2.95. The second-order valence-corrected chi connectivity index (χ2v) is 7.50. The van der Waals surface area contributed by atoms with E-state index < -0.39 is 12.1 Å². The van der Waals surface area contributed by atoms with Gasteiger partial charge in [-0.25, -0.2) is 9.78 Å². The van der Waals surface area contributed by atoms with E-state index in [-0.39, 0.29) is 5.91 Å². The molecular weight excluding hydrogens is 382 g/mol. The first-order chi connectivity index (χ1) is 14.4. The number of hydrogen-bond acceptors (Lipinski definition) is 6. The van der Waals surface area contributed by atoms with Gasteiger partial charge in [-0.05, 0) is 32.0 Å². The molecule has 1 aliphatic rings. The number of hydrogen-bond donors (Lipinski definition) is 0. The maximum atomic E-state index is 12.8. The summed E-state index contributed by atoms with van der Waals surface area (Å²) in [7, 11) is 1.80. The van der Waals surface area contributed by atoms with Crippen molar-refractivity contribution in [3.63, 3.8) is 0 Å². The van der Waals surface area contributed by atoms with Gasteiger partial charge in [-0.3, -0.25) is 9.48 Å². The molecule has 4 rings (SSSR count). The van der Waals surface area contributed by atoms with E-state index in [1.807, 2.05) is 25.1 Å². The van der Waals surface area contributed by atoms with Crippen LogP contribution in [-0.2, 0) is 16.6 Å². The highest BCUT2D eigenvalue weighted by atomic mass is 16.5. The Morgan fingerprint density at radius 1 is 1.10 bits per heavy atom. The van der Waals surface area contributed by atoms with E-state index in [0.717, 1.165) is 29.9 Å². The van der Waals surface area contributed by atoms with Gasteiger partial charge < -0.3 is 14.5 Å². The fourth-order valence-electron chi connectivity index (χ4n) is 3.78. The van der Waals surface area contributed by atoms with E-state index in [1.54, 1.807) is 29.6 Å². The topological polar surface area (TPSA) is 80.6 Å². The normalized spacial score (nSPS) is 15.3. The van der Waals surface area contributed by atoms with Gasteiger partial charge in [-0.1, -0.05) is 18.2 Å². The Morgan fingerprint density at radius 3 is 2.50 bits per heavy atom. The zero-order chi connectivity index (χ0) is 21.3. The summed E-state index contributed by atoms with van der Waals surface area (Å²) in [6.45, 7) is 6.16. The molecule has 1 aliphatic heterocycles. The average molecular weight is 407 g/mol. The van der Waals surface area contributed by atoms with Crippen molar-refractivity contribution in [2.75, 3.05) is 31.1 Å². The molecule has 0 spiro atoms. The van der Waals surface area contributed by atoms with Crippen molar-refractivity contribution in [1.82, 2.24) is 19.7 Å². The van der Waals surface area contributed by atoms with Crippen molar-refractivity contribution in [1.29, 1.82) is 0 Å². The lowest BCUT2D eigenvalue weighted by atomic mass is 10.2. The molecule has 0 aliphatic carbocycles. The molecule has 2 aromatic heterocycles. The minimum atomic E-state index is -0.855. The number of carbonyl (C=O) groups is 2. The number of aryl methyl sites for hydroxylation is 2. The van der Waals surface area contributed by atoms with Gasteiger partial charge in [0.05, 0.1) is 11.3 Å². The smallest absolute Gasteiger partial charge is 0.340 e. The molecule has 1 fully saturated rings. The summed E-state index contributed by atoms with van der Waals surface area (Å²) in [6.07, 6.45) is 0.605. The number of anilines is 1. The molecule has 0 saturated carbocycles. The molecular formula is C22H25N5O3. The van der Waals surface area contributed by atoms with Crippen LogP contribution in [0.2, 0.25) is 0 Å². The molecule has 156 valence electrons. The van der Waals surface area contributed by atoms with E-state index >= 15 is 0 Å². The van der Waals surface area contributed by atoms with Gasteiger partial charge in [-0.2, -0.15) is 5.10 Å². The van der Waals surface area contributed by atoms with Crippen molar-refractivity contribution in [2.45, 2.75) is 20.0 Å². The Bertz CT molecular complexity index is 1070. The van der Waals surface area contributed by atoms with Crippen LogP contribution in [0.4, 0.5) is 5.69 Å². The number of para-hydroxylation sites is 1. The first-order valence-corrected chi connectivity index (χ1v) is 10.0. The first kappa shape index (κ1) is 19.9. The number of nitrogens with zero attached hydrogens (tertiary/aromatic N) is 5. The number of ether oxygens (including phenoxy) is 1. The van der Waals surface area contributed by atoms with Crippen LogP contribution in [0.1, 0.15) is 23.0 Å². The third-order valence-corrected chi connectivity index (χ3v) is 5.44. The van der Waals surface area contributed by atoms with Gasteiger partial charge in [0.2, 0.25) is 0 Å². The van der Waals surface area contributed by atoms with E-state index in [0.29, 0.717) is 24.3 Å². The molecule has 0 radical (unpaired) electrons. The van der Waals surface area contributed by atoms with Crippen LogP contribution in [0.5, 0.6) is 0 Å². The molecule has 3 heterocycles. The third-order valence-electron chi connectivity index (χ3n) is 5.44. The van der Waals surface area contributed by atoms with Crippen LogP contribution in [-0.4, -0.2) is 63.8 Å². The highest BCUT2D eigenvalue weighted by Crippen LogP contribution is 2.19. The van der Waals surface area contributed by atoms with Gasteiger partial charge in [0.15, 0.2) is 11.8 Å². The average Bonchev–Trinajstić information content (AvgIpc) is 3.06. The lowest BCUT2D eigenvalue weighted by Crippen LogP contribution is -2.51. The number of piperazine rings is 1. The van der Waals surface area contributed by atoms with Crippen molar-refractivity contribution in [3.05, 3.63) is 53.9 Å². The van der Waals surface area contributed by atoms with Gasteiger partial charge >= 0.3 is 5.97 Å². The number of carbonyl (C=O) groups excluding carboxylic acids is 2. The summed E-state index contributed by atoms with van der Waals surface area (Å²) < 4.78 is 7.12. The maximum Gasteiger partial charge on any atom is 0.340 e.